The molecule has 3 nitrogen and oxygen atoms in total. The van der Waals surface area contributed by atoms with Gasteiger partial charge in [-0.15, -0.1) is 0 Å². The van der Waals surface area contributed by atoms with Gasteiger partial charge in [0.25, 0.3) is 0 Å². The highest BCUT2D eigenvalue weighted by Gasteiger charge is 2.43. The lowest BCUT2D eigenvalue weighted by molar-refractivity contribution is -0.198. The molecule has 2 aromatic rings. The van der Waals surface area contributed by atoms with Crippen molar-refractivity contribution < 1.29 is 17.9 Å². The Kier molecular flexibility index (Phi) is 4.80. The molecule has 2 N–H and O–H groups in total. The molecule has 0 saturated heterocycles. The van der Waals surface area contributed by atoms with Crippen LogP contribution in [0, 0.1) is 0 Å². The van der Waals surface area contributed by atoms with Crippen molar-refractivity contribution in [3.63, 3.8) is 0 Å². The summed E-state index contributed by atoms with van der Waals surface area (Å²) < 4.78 is 45.0. The lowest BCUT2D eigenvalue weighted by Gasteiger charge is -2.23. The van der Waals surface area contributed by atoms with Gasteiger partial charge in [0.15, 0.2) is 0 Å². The summed E-state index contributed by atoms with van der Waals surface area (Å²) in [6.45, 7) is 0.340. The second-order valence-electron chi connectivity index (χ2n) is 4.47. The molecule has 0 aliphatic heterocycles. The molecule has 0 aliphatic rings. The van der Waals surface area contributed by atoms with Crippen LogP contribution < -0.4 is 10.5 Å². The SMILES string of the molecule is NCCc1ccccc1OC(c1ccncc1)C(F)(F)F. The normalized spacial score (nSPS) is 13.0. The predicted octanol–water partition coefficient (Wildman–Crippen LogP) is 3.27. The monoisotopic (exact) mass is 296 g/mol. The molecular weight excluding hydrogens is 281 g/mol. The molecular formula is C15H15F3N2O. The molecule has 1 atom stereocenters. The van der Waals surface area contributed by atoms with E-state index in [0.29, 0.717) is 18.5 Å². The third-order valence-electron chi connectivity index (χ3n) is 2.94. The van der Waals surface area contributed by atoms with Crippen LogP contribution in [-0.2, 0) is 6.42 Å². The summed E-state index contributed by atoms with van der Waals surface area (Å²) >= 11 is 0. The minimum Gasteiger partial charge on any atom is -0.476 e. The van der Waals surface area contributed by atoms with E-state index in [2.05, 4.69) is 4.98 Å². The van der Waals surface area contributed by atoms with E-state index in [0.717, 1.165) is 0 Å². The molecule has 1 unspecified atom stereocenters. The van der Waals surface area contributed by atoms with Crippen molar-refractivity contribution in [1.29, 1.82) is 0 Å². The molecule has 0 radical (unpaired) electrons. The lowest BCUT2D eigenvalue weighted by atomic mass is 10.1. The smallest absolute Gasteiger partial charge is 0.429 e. The number of para-hydroxylation sites is 1. The van der Waals surface area contributed by atoms with E-state index >= 15 is 0 Å². The zero-order valence-electron chi connectivity index (χ0n) is 11.2. The molecule has 0 fully saturated rings. The maximum absolute atomic E-state index is 13.2. The van der Waals surface area contributed by atoms with Crippen molar-refractivity contribution in [2.75, 3.05) is 6.54 Å². The predicted molar refractivity (Wildman–Crippen MR) is 72.9 cm³/mol. The minimum atomic E-state index is -4.52. The van der Waals surface area contributed by atoms with Gasteiger partial charge in [0, 0.05) is 18.0 Å². The molecule has 0 spiro atoms. The number of rotatable bonds is 5. The quantitative estimate of drug-likeness (QED) is 0.921. The number of hydrogen-bond donors (Lipinski definition) is 1. The van der Waals surface area contributed by atoms with Crippen molar-refractivity contribution in [1.82, 2.24) is 4.98 Å². The van der Waals surface area contributed by atoms with E-state index in [4.69, 9.17) is 10.5 Å². The van der Waals surface area contributed by atoms with Gasteiger partial charge >= 0.3 is 6.18 Å². The van der Waals surface area contributed by atoms with Crippen LogP contribution in [0.5, 0.6) is 5.75 Å². The van der Waals surface area contributed by atoms with Crippen LogP contribution in [-0.4, -0.2) is 17.7 Å². The number of aromatic nitrogens is 1. The van der Waals surface area contributed by atoms with E-state index in [1.54, 1.807) is 18.2 Å². The van der Waals surface area contributed by atoms with Gasteiger partial charge < -0.3 is 10.5 Å². The van der Waals surface area contributed by atoms with E-state index in [-0.39, 0.29) is 11.3 Å². The molecule has 112 valence electrons. The molecule has 0 saturated carbocycles. The van der Waals surface area contributed by atoms with Crippen molar-refractivity contribution in [2.24, 2.45) is 5.73 Å². The average Bonchev–Trinajstić information content (AvgIpc) is 2.46. The maximum atomic E-state index is 13.2. The third kappa shape index (κ3) is 3.95. The number of pyridine rings is 1. The average molecular weight is 296 g/mol. The van der Waals surface area contributed by atoms with Gasteiger partial charge in [0.2, 0.25) is 6.10 Å². The summed E-state index contributed by atoms with van der Waals surface area (Å²) in [6.07, 6.45) is -3.47. The molecule has 1 aromatic carbocycles. The van der Waals surface area contributed by atoms with Gasteiger partial charge in [-0.2, -0.15) is 13.2 Å². The van der Waals surface area contributed by atoms with Crippen LogP contribution in [0.1, 0.15) is 17.2 Å². The van der Waals surface area contributed by atoms with Crippen LogP contribution in [0.4, 0.5) is 13.2 Å². The minimum absolute atomic E-state index is 0.0139. The number of benzene rings is 1. The van der Waals surface area contributed by atoms with Gasteiger partial charge in [0.1, 0.15) is 5.75 Å². The van der Waals surface area contributed by atoms with E-state index in [1.807, 2.05) is 0 Å². The summed E-state index contributed by atoms with van der Waals surface area (Å²) in [5, 5.41) is 0. The van der Waals surface area contributed by atoms with Crippen LogP contribution in [0.15, 0.2) is 48.8 Å². The molecule has 21 heavy (non-hydrogen) atoms. The molecule has 1 heterocycles. The highest BCUT2D eigenvalue weighted by molar-refractivity contribution is 5.34. The Bertz CT molecular complexity index is 573. The van der Waals surface area contributed by atoms with E-state index < -0.39 is 12.3 Å². The molecule has 2 rings (SSSR count). The summed E-state index contributed by atoms with van der Waals surface area (Å²) in [7, 11) is 0. The van der Waals surface area contributed by atoms with Gasteiger partial charge in [-0.3, -0.25) is 4.98 Å². The van der Waals surface area contributed by atoms with Crippen LogP contribution >= 0.6 is 0 Å². The number of nitrogens with zero attached hydrogens (tertiary/aromatic N) is 1. The molecule has 6 heteroatoms. The third-order valence-corrected chi connectivity index (χ3v) is 2.94. The molecule has 0 aliphatic carbocycles. The van der Waals surface area contributed by atoms with Crippen molar-refractivity contribution in [2.45, 2.75) is 18.7 Å². The van der Waals surface area contributed by atoms with Crippen molar-refractivity contribution >= 4 is 0 Å². The Balaban J connectivity index is 2.33. The standard InChI is InChI=1S/C15H15F3N2O/c16-15(17,18)14(12-6-9-20-10-7-12)21-13-4-2-1-3-11(13)5-8-19/h1-4,6-7,9-10,14H,5,8,19H2. The second kappa shape index (κ2) is 6.58. The summed E-state index contributed by atoms with van der Waals surface area (Å²) in [5.74, 6) is 0.196. The summed E-state index contributed by atoms with van der Waals surface area (Å²) in [4.78, 5) is 3.72. The Morgan fingerprint density at radius 2 is 1.76 bits per heavy atom. The van der Waals surface area contributed by atoms with Crippen LogP contribution in [0.25, 0.3) is 0 Å². The summed E-state index contributed by atoms with van der Waals surface area (Å²) in [6, 6.07) is 9.20. The zero-order valence-corrected chi connectivity index (χ0v) is 11.2. The fourth-order valence-electron chi connectivity index (χ4n) is 1.97. The summed E-state index contributed by atoms with van der Waals surface area (Å²) in [5.41, 5.74) is 6.14. The van der Waals surface area contributed by atoms with Crippen molar-refractivity contribution in [3.05, 3.63) is 59.9 Å². The van der Waals surface area contributed by atoms with Gasteiger partial charge in [-0.05, 0) is 36.7 Å². The largest absolute Gasteiger partial charge is 0.476 e. The number of ether oxygens (including phenoxy) is 1. The number of alkyl halides is 3. The first-order valence-corrected chi connectivity index (χ1v) is 6.43. The second-order valence-corrected chi connectivity index (χ2v) is 4.47. The Morgan fingerprint density at radius 1 is 1.10 bits per heavy atom. The fourth-order valence-corrected chi connectivity index (χ4v) is 1.97. The maximum Gasteiger partial charge on any atom is 0.429 e. The Morgan fingerprint density at radius 3 is 2.38 bits per heavy atom. The highest BCUT2D eigenvalue weighted by atomic mass is 19.4. The first-order valence-electron chi connectivity index (χ1n) is 6.43. The fraction of sp³-hybridized carbons (Fsp3) is 0.267. The Hall–Kier alpha value is -2.08. The van der Waals surface area contributed by atoms with Gasteiger partial charge in [0.05, 0.1) is 0 Å². The topological polar surface area (TPSA) is 48.1 Å². The number of halogens is 3. The van der Waals surface area contributed by atoms with Crippen LogP contribution in [0.3, 0.4) is 0 Å². The van der Waals surface area contributed by atoms with E-state index in [9.17, 15) is 13.2 Å². The lowest BCUT2D eigenvalue weighted by Crippen LogP contribution is -2.26. The first kappa shape index (κ1) is 15.3. The molecule has 1 aromatic heterocycles. The molecule has 0 amide bonds. The zero-order chi connectivity index (χ0) is 15.3. The number of hydrogen-bond acceptors (Lipinski definition) is 3. The molecule has 0 bridgehead atoms. The highest BCUT2D eigenvalue weighted by Crippen LogP contribution is 2.37. The Labute approximate surface area is 120 Å². The number of nitrogens with two attached hydrogens (primary N) is 1. The van der Waals surface area contributed by atoms with Crippen LogP contribution in [0.2, 0.25) is 0 Å². The van der Waals surface area contributed by atoms with Gasteiger partial charge in [-0.25, -0.2) is 0 Å². The van der Waals surface area contributed by atoms with Gasteiger partial charge in [-0.1, -0.05) is 18.2 Å². The van der Waals surface area contributed by atoms with E-state index in [1.165, 1.54) is 30.6 Å². The first-order chi connectivity index (χ1) is 10.0. The van der Waals surface area contributed by atoms with Crippen molar-refractivity contribution in [3.8, 4) is 5.75 Å².